The highest BCUT2D eigenvalue weighted by atomic mass is 127. The number of benzene rings is 2. The average Bonchev–Trinajstić information content (AvgIpc) is 3.19. The van der Waals surface area contributed by atoms with Crippen LogP contribution in [-0.2, 0) is 0 Å². The van der Waals surface area contributed by atoms with Crippen molar-refractivity contribution < 1.29 is 9.18 Å². The largest absolute Gasteiger partial charge is 0.306 e. The minimum Gasteiger partial charge on any atom is -0.306 e. The first-order valence-corrected chi connectivity index (χ1v) is 9.60. The number of para-hydroxylation sites is 1. The number of anilines is 1. The molecule has 4 rings (SSSR count). The SMILES string of the molecule is Cc1cc(NC(=O)c2ccccc2I)n(-c2nc3c(F)cccc3s2)n1. The Morgan fingerprint density at radius 1 is 1.23 bits per heavy atom. The Balaban J connectivity index is 1.74. The number of rotatable bonds is 3. The van der Waals surface area contributed by atoms with Gasteiger partial charge in [0.15, 0.2) is 0 Å². The maximum absolute atomic E-state index is 13.9. The van der Waals surface area contributed by atoms with Crippen molar-refractivity contribution >= 4 is 55.9 Å². The second-order valence-corrected chi connectivity index (χ2v) is 7.77. The van der Waals surface area contributed by atoms with Crippen LogP contribution >= 0.6 is 33.9 Å². The number of amides is 1. The smallest absolute Gasteiger partial charge is 0.257 e. The molecule has 0 aliphatic carbocycles. The molecule has 0 saturated carbocycles. The molecule has 5 nitrogen and oxygen atoms in total. The van der Waals surface area contributed by atoms with Gasteiger partial charge in [-0.1, -0.05) is 29.5 Å². The molecule has 4 aromatic rings. The van der Waals surface area contributed by atoms with Gasteiger partial charge in [-0.05, 0) is 53.8 Å². The van der Waals surface area contributed by atoms with Crippen LogP contribution in [0.1, 0.15) is 16.1 Å². The fraction of sp³-hybridized carbons (Fsp3) is 0.0556. The number of thiazole rings is 1. The van der Waals surface area contributed by atoms with Crippen LogP contribution in [0, 0.1) is 16.3 Å². The van der Waals surface area contributed by atoms with Gasteiger partial charge in [0, 0.05) is 9.64 Å². The number of aromatic nitrogens is 3. The van der Waals surface area contributed by atoms with Crippen LogP contribution < -0.4 is 5.32 Å². The number of nitrogens with zero attached hydrogens (tertiary/aromatic N) is 3. The number of hydrogen-bond acceptors (Lipinski definition) is 4. The van der Waals surface area contributed by atoms with Gasteiger partial charge in [0.1, 0.15) is 17.2 Å². The number of fused-ring (bicyclic) bond motifs is 1. The molecule has 130 valence electrons. The molecule has 2 aromatic heterocycles. The number of nitrogens with one attached hydrogen (secondary N) is 1. The van der Waals surface area contributed by atoms with Crippen molar-refractivity contribution in [3.8, 4) is 5.13 Å². The summed E-state index contributed by atoms with van der Waals surface area (Å²) in [6, 6.07) is 13.9. The third-order valence-corrected chi connectivity index (χ3v) is 5.67. The Labute approximate surface area is 166 Å². The first-order valence-electron chi connectivity index (χ1n) is 7.71. The molecule has 0 saturated heterocycles. The molecular formula is C18H12FIN4OS. The van der Waals surface area contributed by atoms with Gasteiger partial charge in [0.25, 0.3) is 5.91 Å². The normalized spacial score (nSPS) is 11.0. The van der Waals surface area contributed by atoms with E-state index in [2.05, 4.69) is 38.0 Å². The number of aryl methyl sites for hydroxylation is 1. The van der Waals surface area contributed by atoms with Crippen molar-refractivity contribution in [1.29, 1.82) is 0 Å². The van der Waals surface area contributed by atoms with Gasteiger partial charge in [-0.15, -0.1) is 0 Å². The van der Waals surface area contributed by atoms with Gasteiger partial charge in [0.2, 0.25) is 5.13 Å². The maximum atomic E-state index is 13.9. The highest BCUT2D eigenvalue weighted by Crippen LogP contribution is 2.29. The molecule has 8 heteroatoms. The van der Waals surface area contributed by atoms with E-state index >= 15 is 0 Å². The molecule has 2 heterocycles. The van der Waals surface area contributed by atoms with Crippen LogP contribution in [0.4, 0.5) is 10.2 Å². The predicted molar refractivity (Wildman–Crippen MR) is 109 cm³/mol. The van der Waals surface area contributed by atoms with E-state index < -0.39 is 0 Å². The Hall–Kier alpha value is -2.33. The summed E-state index contributed by atoms with van der Waals surface area (Å²) in [6.07, 6.45) is 0. The second-order valence-electron chi connectivity index (χ2n) is 5.60. The summed E-state index contributed by atoms with van der Waals surface area (Å²) < 4.78 is 17.1. The van der Waals surface area contributed by atoms with Gasteiger partial charge in [-0.3, -0.25) is 4.79 Å². The molecule has 2 aromatic carbocycles. The molecule has 26 heavy (non-hydrogen) atoms. The van der Waals surface area contributed by atoms with E-state index in [4.69, 9.17) is 0 Å². The third-order valence-electron chi connectivity index (χ3n) is 3.73. The molecule has 0 fully saturated rings. The Morgan fingerprint density at radius 2 is 2.04 bits per heavy atom. The molecule has 0 spiro atoms. The lowest BCUT2D eigenvalue weighted by Gasteiger charge is -2.07. The molecular weight excluding hydrogens is 466 g/mol. The van der Waals surface area contributed by atoms with Crippen LogP contribution in [0.3, 0.4) is 0 Å². The van der Waals surface area contributed by atoms with E-state index in [9.17, 15) is 9.18 Å². The summed E-state index contributed by atoms with van der Waals surface area (Å²) in [5, 5.41) is 7.77. The summed E-state index contributed by atoms with van der Waals surface area (Å²) >= 11 is 3.44. The molecule has 0 radical (unpaired) electrons. The first-order chi connectivity index (χ1) is 12.5. The molecule has 1 N–H and O–H groups in total. The van der Waals surface area contributed by atoms with Crippen molar-refractivity contribution in [2.75, 3.05) is 5.32 Å². The van der Waals surface area contributed by atoms with Crippen molar-refractivity contribution in [3.05, 3.63) is 69.2 Å². The fourth-order valence-electron chi connectivity index (χ4n) is 2.56. The van der Waals surface area contributed by atoms with E-state index in [0.29, 0.717) is 22.0 Å². The number of halogens is 2. The fourth-order valence-corrected chi connectivity index (χ4v) is 4.14. The number of hydrogen-bond donors (Lipinski definition) is 1. The lowest BCUT2D eigenvalue weighted by Crippen LogP contribution is -2.16. The zero-order valence-corrected chi connectivity index (χ0v) is 16.5. The Kier molecular flexibility index (Phi) is 4.45. The Morgan fingerprint density at radius 3 is 2.81 bits per heavy atom. The molecule has 0 bridgehead atoms. The van der Waals surface area contributed by atoms with E-state index in [-0.39, 0.29) is 11.7 Å². The first kappa shape index (κ1) is 17.1. The minimum atomic E-state index is -0.377. The topological polar surface area (TPSA) is 59.8 Å². The van der Waals surface area contributed by atoms with Crippen LogP contribution in [-0.4, -0.2) is 20.7 Å². The van der Waals surface area contributed by atoms with Crippen LogP contribution in [0.2, 0.25) is 0 Å². The van der Waals surface area contributed by atoms with Crippen molar-refractivity contribution in [2.45, 2.75) is 6.92 Å². The van der Waals surface area contributed by atoms with Crippen molar-refractivity contribution in [3.63, 3.8) is 0 Å². The van der Waals surface area contributed by atoms with Crippen LogP contribution in [0.25, 0.3) is 15.3 Å². The highest BCUT2D eigenvalue weighted by Gasteiger charge is 2.17. The average molecular weight is 478 g/mol. The van der Waals surface area contributed by atoms with Gasteiger partial charge in [-0.25, -0.2) is 9.37 Å². The minimum absolute atomic E-state index is 0.233. The van der Waals surface area contributed by atoms with Gasteiger partial charge in [-0.2, -0.15) is 9.78 Å². The van der Waals surface area contributed by atoms with Crippen molar-refractivity contribution in [2.24, 2.45) is 0 Å². The molecule has 0 unspecified atom stereocenters. The zero-order valence-electron chi connectivity index (χ0n) is 13.5. The summed E-state index contributed by atoms with van der Waals surface area (Å²) in [5.74, 6) is -0.117. The number of carbonyl (C=O) groups excluding carboxylic acids is 1. The lowest BCUT2D eigenvalue weighted by atomic mass is 10.2. The molecule has 1 amide bonds. The summed E-state index contributed by atoms with van der Waals surface area (Å²) in [7, 11) is 0. The van der Waals surface area contributed by atoms with E-state index in [1.54, 1.807) is 24.3 Å². The standard InChI is InChI=1S/C18H12FIN4OS/c1-10-9-15(21-17(25)11-5-2-3-7-13(11)20)24(23-10)18-22-16-12(19)6-4-8-14(16)26-18/h2-9H,1H3,(H,21,25). The van der Waals surface area contributed by atoms with Gasteiger partial charge >= 0.3 is 0 Å². The van der Waals surface area contributed by atoms with Gasteiger partial charge in [0.05, 0.1) is 16.0 Å². The summed E-state index contributed by atoms with van der Waals surface area (Å²) in [5.41, 5.74) is 1.60. The highest BCUT2D eigenvalue weighted by molar-refractivity contribution is 14.1. The monoisotopic (exact) mass is 478 g/mol. The van der Waals surface area contributed by atoms with E-state index in [1.807, 2.05) is 25.1 Å². The van der Waals surface area contributed by atoms with Crippen LogP contribution in [0.15, 0.2) is 48.5 Å². The molecule has 0 atom stereocenters. The third kappa shape index (κ3) is 3.10. The van der Waals surface area contributed by atoms with Gasteiger partial charge < -0.3 is 5.32 Å². The lowest BCUT2D eigenvalue weighted by molar-refractivity contribution is 0.102. The molecule has 0 aliphatic heterocycles. The maximum Gasteiger partial charge on any atom is 0.257 e. The quantitative estimate of drug-likeness (QED) is 0.431. The summed E-state index contributed by atoms with van der Waals surface area (Å²) in [4.78, 5) is 17.0. The molecule has 0 aliphatic rings. The predicted octanol–water partition coefficient (Wildman–Crippen LogP) is 4.79. The second kappa shape index (κ2) is 6.76. The summed E-state index contributed by atoms with van der Waals surface area (Å²) in [6.45, 7) is 1.83. The zero-order chi connectivity index (χ0) is 18.3. The van der Waals surface area contributed by atoms with E-state index in [1.165, 1.54) is 22.1 Å². The van der Waals surface area contributed by atoms with Crippen LogP contribution in [0.5, 0.6) is 0 Å². The van der Waals surface area contributed by atoms with E-state index in [0.717, 1.165) is 14.0 Å². The Bertz CT molecular complexity index is 1140. The van der Waals surface area contributed by atoms with Crippen molar-refractivity contribution in [1.82, 2.24) is 14.8 Å². The number of carbonyl (C=O) groups is 1.